The third-order valence-electron chi connectivity index (χ3n) is 6.01. The molecule has 42 heavy (non-hydrogen) atoms. The van der Waals surface area contributed by atoms with Crippen LogP contribution in [-0.4, -0.2) is 36.5 Å². The Labute approximate surface area is 250 Å². The van der Waals surface area contributed by atoms with E-state index >= 15 is 0 Å². The summed E-state index contributed by atoms with van der Waals surface area (Å²) in [6.07, 6.45) is 0.800. The molecule has 0 aliphatic heterocycles. The molecule has 2 N–H and O–H groups in total. The zero-order valence-corrected chi connectivity index (χ0v) is 24.6. The SMILES string of the molecule is CC(C)(C)OC(=O)N[C@@H](COCc1ccccc1)C(=O)N/N=C\c1c(OCc2ccc(Cl)cc2)ccc2ccccc12. The van der Waals surface area contributed by atoms with Gasteiger partial charge < -0.3 is 19.5 Å². The highest BCUT2D eigenvalue weighted by Crippen LogP contribution is 2.27. The van der Waals surface area contributed by atoms with Crippen LogP contribution in [0.3, 0.4) is 0 Å². The van der Waals surface area contributed by atoms with Gasteiger partial charge in [0.05, 0.1) is 19.4 Å². The number of ether oxygens (including phenoxy) is 3. The molecular formula is C33H34ClN3O5. The van der Waals surface area contributed by atoms with Gasteiger partial charge in [0.1, 0.15) is 24.0 Å². The maximum absolute atomic E-state index is 13.1. The van der Waals surface area contributed by atoms with Crippen LogP contribution in [0.5, 0.6) is 5.75 Å². The van der Waals surface area contributed by atoms with Crippen molar-refractivity contribution in [3.05, 3.63) is 113 Å². The van der Waals surface area contributed by atoms with E-state index in [4.69, 9.17) is 25.8 Å². The second kappa shape index (κ2) is 14.5. The molecule has 0 saturated carbocycles. The van der Waals surface area contributed by atoms with Crippen LogP contribution in [0, 0.1) is 0 Å². The Morgan fingerprint density at radius 3 is 2.31 bits per heavy atom. The molecule has 8 nitrogen and oxygen atoms in total. The zero-order chi connectivity index (χ0) is 30.0. The molecule has 0 fully saturated rings. The Bertz CT molecular complexity index is 1520. The molecule has 0 radical (unpaired) electrons. The van der Waals surface area contributed by atoms with E-state index in [9.17, 15) is 9.59 Å². The Kier molecular flexibility index (Phi) is 10.5. The molecule has 9 heteroatoms. The summed E-state index contributed by atoms with van der Waals surface area (Å²) in [4.78, 5) is 25.6. The first-order valence-electron chi connectivity index (χ1n) is 13.5. The lowest BCUT2D eigenvalue weighted by Gasteiger charge is -2.23. The fourth-order valence-electron chi connectivity index (χ4n) is 4.02. The van der Waals surface area contributed by atoms with E-state index in [1.54, 1.807) is 20.8 Å². The molecule has 4 rings (SSSR count). The smallest absolute Gasteiger partial charge is 0.408 e. The first-order valence-corrected chi connectivity index (χ1v) is 13.9. The molecule has 0 aromatic heterocycles. The lowest BCUT2D eigenvalue weighted by Crippen LogP contribution is -2.49. The zero-order valence-electron chi connectivity index (χ0n) is 23.8. The van der Waals surface area contributed by atoms with Crippen LogP contribution in [0.25, 0.3) is 10.8 Å². The number of nitrogens with one attached hydrogen (secondary N) is 2. The van der Waals surface area contributed by atoms with E-state index in [0.29, 0.717) is 22.9 Å². The van der Waals surface area contributed by atoms with Gasteiger partial charge in [0.2, 0.25) is 0 Å². The second-order valence-corrected chi connectivity index (χ2v) is 11.0. The maximum atomic E-state index is 13.1. The number of rotatable bonds is 11. The molecule has 218 valence electrons. The molecule has 4 aromatic carbocycles. The van der Waals surface area contributed by atoms with Gasteiger partial charge >= 0.3 is 6.09 Å². The predicted molar refractivity (Wildman–Crippen MR) is 165 cm³/mol. The monoisotopic (exact) mass is 587 g/mol. The molecule has 0 aliphatic rings. The average molecular weight is 588 g/mol. The quantitative estimate of drug-likeness (QED) is 0.152. The fraction of sp³-hybridized carbons (Fsp3) is 0.242. The Morgan fingerprint density at radius 2 is 1.57 bits per heavy atom. The number of fused-ring (bicyclic) bond motifs is 1. The maximum Gasteiger partial charge on any atom is 0.408 e. The minimum absolute atomic E-state index is 0.0841. The number of carbonyl (C=O) groups excluding carboxylic acids is 2. The van der Waals surface area contributed by atoms with Crippen LogP contribution < -0.4 is 15.5 Å². The minimum Gasteiger partial charge on any atom is -0.488 e. The predicted octanol–water partition coefficient (Wildman–Crippen LogP) is 6.63. The molecule has 0 bridgehead atoms. The van der Waals surface area contributed by atoms with E-state index in [0.717, 1.165) is 21.9 Å². The van der Waals surface area contributed by atoms with Crippen LogP contribution in [-0.2, 0) is 27.5 Å². The number of amides is 2. The first kappa shape index (κ1) is 30.6. The summed E-state index contributed by atoms with van der Waals surface area (Å²) in [7, 11) is 0. The summed E-state index contributed by atoms with van der Waals surface area (Å²) < 4.78 is 17.2. The summed E-state index contributed by atoms with van der Waals surface area (Å²) in [5.74, 6) is 0.0327. The minimum atomic E-state index is -1.05. The summed E-state index contributed by atoms with van der Waals surface area (Å²) in [5, 5.41) is 9.35. The summed E-state index contributed by atoms with van der Waals surface area (Å²) in [6, 6.07) is 27.5. The second-order valence-electron chi connectivity index (χ2n) is 10.5. The molecule has 0 saturated heterocycles. The number of hydrazone groups is 1. The molecule has 0 heterocycles. The van der Waals surface area contributed by atoms with Gasteiger partial charge in [-0.25, -0.2) is 10.2 Å². The summed E-state index contributed by atoms with van der Waals surface area (Å²) in [5.41, 5.74) is 4.39. The van der Waals surface area contributed by atoms with Gasteiger partial charge in [-0.1, -0.05) is 84.4 Å². The molecule has 0 spiro atoms. The third-order valence-corrected chi connectivity index (χ3v) is 6.26. The van der Waals surface area contributed by atoms with Gasteiger partial charge in [-0.3, -0.25) is 4.79 Å². The topological polar surface area (TPSA) is 98.2 Å². The van der Waals surface area contributed by atoms with Crippen LogP contribution in [0.1, 0.15) is 37.5 Å². The average Bonchev–Trinajstić information content (AvgIpc) is 2.96. The number of nitrogens with zero attached hydrogens (tertiary/aromatic N) is 1. The van der Waals surface area contributed by atoms with Gasteiger partial charge in [0, 0.05) is 10.6 Å². The van der Waals surface area contributed by atoms with Crippen molar-refractivity contribution in [1.29, 1.82) is 0 Å². The van der Waals surface area contributed by atoms with Crippen molar-refractivity contribution in [1.82, 2.24) is 10.7 Å². The lowest BCUT2D eigenvalue weighted by atomic mass is 10.0. The van der Waals surface area contributed by atoms with Gasteiger partial charge in [0.15, 0.2) is 0 Å². The van der Waals surface area contributed by atoms with Crippen LogP contribution in [0.4, 0.5) is 4.79 Å². The van der Waals surface area contributed by atoms with E-state index in [2.05, 4.69) is 15.8 Å². The molecular weight excluding hydrogens is 554 g/mol. The Hall–Kier alpha value is -4.40. The highest BCUT2D eigenvalue weighted by molar-refractivity contribution is 6.30. The number of benzene rings is 4. The lowest BCUT2D eigenvalue weighted by molar-refractivity contribution is -0.124. The Balaban J connectivity index is 1.48. The van der Waals surface area contributed by atoms with E-state index < -0.39 is 23.6 Å². The van der Waals surface area contributed by atoms with Gasteiger partial charge in [-0.15, -0.1) is 0 Å². The van der Waals surface area contributed by atoms with Gasteiger partial charge in [-0.2, -0.15) is 5.10 Å². The van der Waals surface area contributed by atoms with Crippen LogP contribution in [0.2, 0.25) is 5.02 Å². The summed E-state index contributed by atoms with van der Waals surface area (Å²) in [6.45, 7) is 5.74. The van der Waals surface area contributed by atoms with Crippen molar-refractivity contribution >= 4 is 40.6 Å². The molecule has 0 aliphatic carbocycles. The van der Waals surface area contributed by atoms with E-state index in [-0.39, 0.29) is 13.2 Å². The number of carbonyl (C=O) groups is 2. The van der Waals surface area contributed by atoms with E-state index in [1.165, 1.54) is 6.21 Å². The van der Waals surface area contributed by atoms with Crippen molar-refractivity contribution in [3.8, 4) is 5.75 Å². The van der Waals surface area contributed by atoms with E-state index in [1.807, 2.05) is 91.0 Å². The number of hydrogen-bond donors (Lipinski definition) is 2. The molecule has 4 aromatic rings. The van der Waals surface area contributed by atoms with Crippen molar-refractivity contribution in [3.63, 3.8) is 0 Å². The fourth-order valence-corrected chi connectivity index (χ4v) is 4.14. The normalized spacial score (nSPS) is 12.2. The standard InChI is InChI=1S/C33H34ClN3O5/c1-33(2,3)42-32(39)36-29(22-40-20-23-9-5-4-6-10-23)31(38)37-35-19-28-27-12-8-7-11-25(27)15-18-30(28)41-21-24-13-16-26(34)17-14-24/h4-19,29H,20-22H2,1-3H3,(H,36,39)(H,37,38)/b35-19-/t29-/m0/s1. The molecule has 0 unspecified atom stereocenters. The highest BCUT2D eigenvalue weighted by Gasteiger charge is 2.24. The van der Waals surface area contributed by atoms with Crippen molar-refractivity contribution < 1.29 is 23.8 Å². The molecule has 2 amide bonds. The van der Waals surface area contributed by atoms with Gasteiger partial charge in [-0.05, 0) is 60.9 Å². The van der Waals surface area contributed by atoms with Crippen molar-refractivity contribution in [2.45, 2.75) is 45.6 Å². The number of hydrogen-bond acceptors (Lipinski definition) is 6. The van der Waals surface area contributed by atoms with Crippen molar-refractivity contribution in [2.75, 3.05) is 6.61 Å². The third kappa shape index (κ3) is 9.33. The van der Waals surface area contributed by atoms with Crippen LogP contribution in [0.15, 0.2) is 96.1 Å². The van der Waals surface area contributed by atoms with Gasteiger partial charge in [0.25, 0.3) is 5.91 Å². The molecule has 1 atom stereocenters. The first-order chi connectivity index (χ1) is 20.2. The Morgan fingerprint density at radius 1 is 0.881 bits per heavy atom. The largest absolute Gasteiger partial charge is 0.488 e. The highest BCUT2D eigenvalue weighted by atomic mass is 35.5. The van der Waals surface area contributed by atoms with Crippen LogP contribution >= 0.6 is 11.6 Å². The number of halogens is 1. The number of alkyl carbamates (subject to hydrolysis) is 1. The summed E-state index contributed by atoms with van der Waals surface area (Å²) >= 11 is 6.01. The van der Waals surface area contributed by atoms with Crippen molar-refractivity contribution in [2.24, 2.45) is 5.10 Å².